The molecule has 0 saturated carbocycles. The van der Waals surface area contributed by atoms with E-state index in [9.17, 15) is 0 Å². The Kier molecular flexibility index (Phi) is 2.87. The molecule has 2 heterocycles. The highest BCUT2D eigenvalue weighted by atomic mass is 16.7. The standard InChI is InChI=1S/C13H12O4/c1(5-14-7-11-8-15-11)2-10-3-4-12-13(6-10)17-9-16-12/h3-4,6,11H,5,7-9H2. The van der Waals surface area contributed by atoms with E-state index in [1.807, 2.05) is 18.2 Å². The summed E-state index contributed by atoms with van der Waals surface area (Å²) in [6.07, 6.45) is 0.294. The monoisotopic (exact) mass is 232 g/mol. The Morgan fingerprint density at radius 1 is 1.29 bits per heavy atom. The average molecular weight is 232 g/mol. The SMILES string of the molecule is C(#Cc1ccc2c(c1)OCO2)COCC1CO1. The Morgan fingerprint density at radius 2 is 2.18 bits per heavy atom. The molecule has 0 aliphatic carbocycles. The van der Waals surface area contributed by atoms with Crippen LogP contribution in [0.2, 0.25) is 0 Å². The Labute approximate surface area is 99.4 Å². The van der Waals surface area contributed by atoms with Gasteiger partial charge in [0.1, 0.15) is 12.7 Å². The van der Waals surface area contributed by atoms with E-state index in [0.717, 1.165) is 23.7 Å². The van der Waals surface area contributed by atoms with Gasteiger partial charge in [-0.15, -0.1) is 0 Å². The van der Waals surface area contributed by atoms with Crippen molar-refractivity contribution in [1.29, 1.82) is 0 Å². The fourth-order valence-corrected chi connectivity index (χ4v) is 1.52. The second kappa shape index (κ2) is 4.66. The fraction of sp³-hybridized carbons (Fsp3) is 0.385. The molecule has 1 unspecified atom stereocenters. The van der Waals surface area contributed by atoms with E-state index in [2.05, 4.69) is 11.8 Å². The van der Waals surface area contributed by atoms with Crippen molar-refractivity contribution < 1.29 is 18.9 Å². The Bertz CT molecular complexity index is 468. The summed E-state index contributed by atoms with van der Waals surface area (Å²) in [5, 5.41) is 0. The number of fused-ring (bicyclic) bond motifs is 1. The third kappa shape index (κ3) is 2.70. The van der Waals surface area contributed by atoms with Gasteiger partial charge in [-0.3, -0.25) is 0 Å². The number of epoxide rings is 1. The lowest BCUT2D eigenvalue weighted by Gasteiger charge is -1.96. The third-order valence-electron chi connectivity index (χ3n) is 2.49. The minimum absolute atomic E-state index is 0.288. The van der Waals surface area contributed by atoms with Gasteiger partial charge in [0.15, 0.2) is 11.5 Å². The molecule has 4 heteroatoms. The topological polar surface area (TPSA) is 40.2 Å². The molecule has 1 saturated heterocycles. The van der Waals surface area contributed by atoms with Crippen molar-refractivity contribution in [1.82, 2.24) is 0 Å². The van der Waals surface area contributed by atoms with Crippen molar-refractivity contribution >= 4 is 0 Å². The van der Waals surface area contributed by atoms with Gasteiger partial charge in [-0.05, 0) is 18.2 Å². The van der Waals surface area contributed by atoms with Crippen LogP contribution in [-0.2, 0) is 9.47 Å². The molecule has 0 amide bonds. The minimum atomic E-state index is 0.288. The Morgan fingerprint density at radius 3 is 3.06 bits per heavy atom. The summed E-state index contributed by atoms with van der Waals surface area (Å²) >= 11 is 0. The van der Waals surface area contributed by atoms with E-state index < -0.39 is 0 Å². The van der Waals surface area contributed by atoms with Gasteiger partial charge in [-0.1, -0.05) is 11.8 Å². The highest BCUT2D eigenvalue weighted by Gasteiger charge is 2.21. The maximum atomic E-state index is 5.32. The van der Waals surface area contributed by atoms with Gasteiger partial charge in [-0.2, -0.15) is 0 Å². The van der Waals surface area contributed by atoms with Crippen LogP contribution in [-0.4, -0.2) is 32.7 Å². The van der Waals surface area contributed by atoms with Crippen molar-refractivity contribution in [2.45, 2.75) is 6.10 Å². The summed E-state index contributed by atoms with van der Waals surface area (Å²) in [5.41, 5.74) is 0.903. The summed E-state index contributed by atoms with van der Waals surface area (Å²) < 4.78 is 20.8. The molecule has 1 fully saturated rings. The summed E-state index contributed by atoms with van der Waals surface area (Å²) in [6, 6.07) is 5.65. The third-order valence-corrected chi connectivity index (χ3v) is 2.49. The Balaban J connectivity index is 1.54. The molecule has 0 bridgehead atoms. The molecule has 3 rings (SSSR count). The van der Waals surface area contributed by atoms with Crippen LogP contribution in [0.25, 0.3) is 0 Å². The largest absolute Gasteiger partial charge is 0.454 e. The molecule has 2 aliphatic heterocycles. The summed E-state index contributed by atoms with van der Waals surface area (Å²) in [7, 11) is 0. The van der Waals surface area contributed by atoms with E-state index in [4.69, 9.17) is 18.9 Å². The first-order valence-corrected chi connectivity index (χ1v) is 5.50. The molecule has 88 valence electrons. The molecule has 0 radical (unpaired) electrons. The minimum Gasteiger partial charge on any atom is -0.454 e. The molecule has 1 atom stereocenters. The molecule has 0 N–H and O–H groups in total. The molecule has 2 aliphatic rings. The number of rotatable bonds is 3. The number of hydrogen-bond donors (Lipinski definition) is 0. The van der Waals surface area contributed by atoms with E-state index in [1.54, 1.807) is 0 Å². The van der Waals surface area contributed by atoms with Crippen molar-refractivity contribution in [2.75, 3.05) is 26.6 Å². The predicted molar refractivity (Wildman–Crippen MR) is 60.0 cm³/mol. The van der Waals surface area contributed by atoms with Gasteiger partial charge in [-0.25, -0.2) is 0 Å². The van der Waals surface area contributed by atoms with Crippen molar-refractivity contribution in [2.24, 2.45) is 0 Å². The van der Waals surface area contributed by atoms with Gasteiger partial charge >= 0.3 is 0 Å². The summed E-state index contributed by atoms with van der Waals surface area (Å²) in [6.45, 7) is 2.16. The van der Waals surface area contributed by atoms with Crippen LogP contribution in [0.4, 0.5) is 0 Å². The van der Waals surface area contributed by atoms with Crippen LogP contribution >= 0.6 is 0 Å². The van der Waals surface area contributed by atoms with Crippen LogP contribution in [0.5, 0.6) is 11.5 Å². The molecular weight excluding hydrogens is 220 g/mol. The van der Waals surface area contributed by atoms with Gasteiger partial charge in [0, 0.05) is 5.56 Å². The van der Waals surface area contributed by atoms with Gasteiger partial charge in [0.2, 0.25) is 6.79 Å². The lowest BCUT2D eigenvalue weighted by atomic mass is 10.2. The zero-order chi connectivity index (χ0) is 11.5. The summed E-state index contributed by atoms with van der Waals surface area (Å²) in [4.78, 5) is 0. The van der Waals surface area contributed by atoms with Crippen LogP contribution in [0.1, 0.15) is 5.56 Å². The average Bonchev–Trinajstić information content (AvgIpc) is 3.05. The normalized spacial score (nSPS) is 19.6. The molecule has 1 aromatic rings. The molecule has 1 aromatic carbocycles. The maximum Gasteiger partial charge on any atom is 0.231 e. The molecule has 0 aromatic heterocycles. The fourth-order valence-electron chi connectivity index (χ4n) is 1.52. The van der Waals surface area contributed by atoms with Crippen LogP contribution in [0.3, 0.4) is 0 Å². The zero-order valence-corrected chi connectivity index (χ0v) is 9.27. The summed E-state index contributed by atoms with van der Waals surface area (Å²) in [5.74, 6) is 7.50. The second-order valence-electron chi connectivity index (χ2n) is 3.84. The quantitative estimate of drug-likeness (QED) is 0.446. The first-order chi connectivity index (χ1) is 8.42. The predicted octanol–water partition coefficient (Wildman–Crippen LogP) is 1.18. The van der Waals surface area contributed by atoms with Crippen LogP contribution in [0.15, 0.2) is 18.2 Å². The lowest BCUT2D eigenvalue weighted by Crippen LogP contribution is -2.00. The van der Waals surface area contributed by atoms with Crippen molar-refractivity contribution in [3.63, 3.8) is 0 Å². The zero-order valence-electron chi connectivity index (χ0n) is 9.27. The van der Waals surface area contributed by atoms with Gasteiger partial charge in [0.25, 0.3) is 0 Å². The highest BCUT2D eigenvalue weighted by molar-refractivity contribution is 5.49. The van der Waals surface area contributed by atoms with Gasteiger partial charge < -0.3 is 18.9 Å². The van der Waals surface area contributed by atoms with E-state index in [1.165, 1.54) is 0 Å². The van der Waals surface area contributed by atoms with E-state index in [-0.39, 0.29) is 6.79 Å². The molecule has 0 spiro atoms. The Hall–Kier alpha value is -1.70. The lowest BCUT2D eigenvalue weighted by molar-refractivity contribution is 0.145. The van der Waals surface area contributed by atoms with Crippen LogP contribution < -0.4 is 9.47 Å². The highest BCUT2D eigenvalue weighted by Crippen LogP contribution is 2.32. The van der Waals surface area contributed by atoms with E-state index in [0.29, 0.717) is 19.3 Å². The van der Waals surface area contributed by atoms with E-state index >= 15 is 0 Å². The number of benzene rings is 1. The number of ether oxygens (including phenoxy) is 4. The maximum absolute atomic E-state index is 5.32. The molecule has 17 heavy (non-hydrogen) atoms. The number of hydrogen-bond acceptors (Lipinski definition) is 4. The second-order valence-corrected chi connectivity index (χ2v) is 3.84. The first kappa shape index (κ1) is 10.5. The molecule has 4 nitrogen and oxygen atoms in total. The van der Waals surface area contributed by atoms with Crippen molar-refractivity contribution in [3.8, 4) is 23.3 Å². The first-order valence-electron chi connectivity index (χ1n) is 5.50. The van der Waals surface area contributed by atoms with Crippen LogP contribution in [0, 0.1) is 11.8 Å². The molecular formula is C13H12O4. The van der Waals surface area contributed by atoms with Crippen molar-refractivity contribution in [3.05, 3.63) is 23.8 Å². The van der Waals surface area contributed by atoms with Gasteiger partial charge in [0.05, 0.1) is 13.2 Å². The smallest absolute Gasteiger partial charge is 0.231 e.